The van der Waals surface area contributed by atoms with Gasteiger partial charge in [-0.1, -0.05) is 146 Å². The molecule has 1 aliphatic rings. The number of hydrogen-bond donors (Lipinski definition) is 5. The lowest BCUT2D eigenvalue weighted by molar-refractivity contribution is 0.0987. The van der Waals surface area contributed by atoms with Gasteiger partial charge < -0.3 is 30.9 Å². The zero-order chi connectivity index (χ0) is 34.0. The summed E-state index contributed by atoms with van der Waals surface area (Å²) in [6, 6.07) is 10.4. The first-order valence-corrected chi connectivity index (χ1v) is 15.1. The van der Waals surface area contributed by atoms with Crippen molar-refractivity contribution < 1.29 is 34.1 Å². The quantitative estimate of drug-likeness (QED) is 0.161. The van der Waals surface area contributed by atoms with E-state index < -0.39 is 43.7 Å². The summed E-state index contributed by atoms with van der Waals surface area (Å²) in [6.45, 7) is 0.177. The van der Waals surface area contributed by atoms with Crippen LogP contribution < -0.4 is 16.0 Å². The Bertz CT molecular complexity index is 1330. The Hall–Kier alpha value is -1.12. The third-order valence-corrected chi connectivity index (χ3v) is 7.52. The molecule has 5 N–H and O–H groups in total. The van der Waals surface area contributed by atoms with E-state index in [9.17, 15) is 19.2 Å². The number of Topliss-reactive ketones (excluding diaryl/α,β-unsaturated/α-hetero) is 2. The molecule has 0 radical (unpaired) electrons. The Balaban J connectivity index is 0.000000331. The van der Waals surface area contributed by atoms with Crippen LogP contribution in [0.15, 0.2) is 52.5 Å². The molecule has 0 saturated heterocycles. The maximum Gasteiger partial charge on any atom is 0.407 e. The number of amides is 3. The summed E-state index contributed by atoms with van der Waals surface area (Å²) in [6.07, 6.45) is -4.06. The highest BCUT2D eigenvalue weighted by Crippen LogP contribution is 2.31. The first-order valence-electron chi connectivity index (χ1n) is 11.3. The van der Waals surface area contributed by atoms with Crippen LogP contribution in [0.25, 0.3) is 0 Å². The van der Waals surface area contributed by atoms with Crippen molar-refractivity contribution in [3.63, 3.8) is 0 Å². The number of nitrogens with one attached hydrogen (secondary N) is 3. The predicted molar refractivity (Wildman–Crippen MR) is 174 cm³/mol. The molecule has 0 bridgehead atoms. The zero-order valence-corrected chi connectivity index (χ0v) is 29.2. The number of halogens is 10. The van der Waals surface area contributed by atoms with Crippen molar-refractivity contribution in [1.82, 2.24) is 16.0 Å². The minimum Gasteiger partial charge on any atom is -0.445 e. The van der Waals surface area contributed by atoms with E-state index >= 15 is 0 Å². The number of alkyl halides is 6. The topological polar surface area (TPSA) is 154 Å². The molecule has 0 aliphatic heterocycles. The van der Waals surface area contributed by atoms with Gasteiger partial charge in [0, 0.05) is 18.2 Å². The summed E-state index contributed by atoms with van der Waals surface area (Å²) < 4.78 is 0.575. The molecule has 1 aliphatic carbocycles. The number of benzene rings is 2. The highest BCUT2D eigenvalue weighted by molar-refractivity contribution is 6.68. The monoisotopic (exact) mass is 811 g/mol. The van der Waals surface area contributed by atoms with Crippen LogP contribution in [0.1, 0.15) is 26.3 Å². The third kappa shape index (κ3) is 13.3. The molecule has 20 heteroatoms. The average molecular weight is 816 g/mol. The Morgan fingerprint density at radius 1 is 0.773 bits per heavy atom. The molecule has 0 fully saturated rings. The van der Waals surface area contributed by atoms with Crippen LogP contribution >= 0.6 is 116 Å². The van der Waals surface area contributed by atoms with E-state index in [4.69, 9.17) is 131 Å². The lowest BCUT2D eigenvalue weighted by atomic mass is 9.95. The number of aliphatic hydroxyl groups excluding tert-OH is 2. The van der Waals surface area contributed by atoms with Crippen molar-refractivity contribution in [2.75, 3.05) is 7.05 Å². The zero-order valence-electron chi connectivity index (χ0n) is 21.6. The second-order valence-corrected chi connectivity index (χ2v) is 14.2. The molecule has 0 aromatic heterocycles. The Kier molecular flexibility index (Phi) is 17.0. The van der Waals surface area contributed by atoms with Crippen molar-refractivity contribution in [2.24, 2.45) is 0 Å². The van der Waals surface area contributed by atoms with Gasteiger partial charge in [-0.25, -0.2) is 9.59 Å². The van der Waals surface area contributed by atoms with Gasteiger partial charge in [0.25, 0.3) is 0 Å². The van der Waals surface area contributed by atoms with Crippen LogP contribution in [0.5, 0.6) is 0 Å². The van der Waals surface area contributed by atoms with Crippen molar-refractivity contribution in [1.29, 1.82) is 0 Å². The highest BCUT2D eigenvalue weighted by atomic mass is 35.6. The van der Waals surface area contributed by atoms with Crippen molar-refractivity contribution in [3.8, 4) is 0 Å². The van der Waals surface area contributed by atoms with Gasteiger partial charge in [0.2, 0.25) is 19.2 Å². The van der Waals surface area contributed by atoms with Crippen molar-refractivity contribution in [3.05, 3.63) is 79.3 Å². The number of alkyl carbamates (subject to hydrolysis) is 1. The maximum absolute atomic E-state index is 11.5. The number of urea groups is 1. The third-order valence-electron chi connectivity index (χ3n) is 4.72. The summed E-state index contributed by atoms with van der Waals surface area (Å²) in [5, 5.41) is 24.7. The van der Waals surface area contributed by atoms with Gasteiger partial charge in [-0.05, 0) is 17.7 Å². The fraction of sp³-hybridized carbons (Fsp3) is 0.250. The number of carbonyl (C=O) groups excluding carboxylic acids is 4. The molecule has 0 heterocycles. The maximum atomic E-state index is 11.5. The fourth-order valence-electron chi connectivity index (χ4n) is 2.62. The van der Waals surface area contributed by atoms with Crippen LogP contribution in [0.4, 0.5) is 9.59 Å². The lowest BCUT2D eigenvalue weighted by Crippen LogP contribution is -2.53. The number of ether oxygens (including phenoxy) is 1. The molecule has 2 atom stereocenters. The van der Waals surface area contributed by atoms with Gasteiger partial charge in [-0.15, -0.1) is 0 Å². The number of rotatable bonds is 4. The largest absolute Gasteiger partial charge is 0.445 e. The van der Waals surface area contributed by atoms with Crippen LogP contribution in [0.2, 0.25) is 10.0 Å². The van der Waals surface area contributed by atoms with Gasteiger partial charge in [-0.3, -0.25) is 9.59 Å². The van der Waals surface area contributed by atoms with Crippen LogP contribution in [-0.4, -0.2) is 61.0 Å². The van der Waals surface area contributed by atoms with Crippen LogP contribution in [0.3, 0.4) is 0 Å². The highest BCUT2D eigenvalue weighted by Gasteiger charge is 2.35. The number of ketones is 2. The number of hydrogen-bond acceptors (Lipinski definition) is 7. The molecule has 2 aromatic rings. The average Bonchev–Trinajstić information content (AvgIpc) is 2.95. The molecule has 10 nitrogen and oxygen atoms in total. The predicted octanol–water partition coefficient (Wildman–Crippen LogP) is 7.27. The summed E-state index contributed by atoms with van der Waals surface area (Å²) >= 11 is 54.2. The molecule has 3 amide bonds. The van der Waals surface area contributed by atoms with E-state index in [0.717, 1.165) is 5.56 Å². The van der Waals surface area contributed by atoms with Crippen molar-refractivity contribution >= 4 is 140 Å². The van der Waals surface area contributed by atoms with Gasteiger partial charge in [-0.2, -0.15) is 0 Å². The van der Waals surface area contributed by atoms with E-state index in [2.05, 4.69) is 5.32 Å². The molecule has 44 heavy (non-hydrogen) atoms. The van der Waals surface area contributed by atoms with E-state index in [1.54, 1.807) is 53.1 Å². The summed E-state index contributed by atoms with van der Waals surface area (Å²) in [5.74, 6) is -0.793. The summed E-state index contributed by atoms with van der Waals surface area (Å²) in [5.41, 5.74) is 1.42. The van der Waals surface area contributed by atoms with E-state index in [1.807, 2.05) is 0 Å². The Labute approximate surface area is 300 Å². The standard InChI is InChI=1S/C10H4Cl2O2.C9H9Cl2NO2.C5H6Cl6N2O3/c11-7-8(12)10(14)6-4-2-1-3-5(6)9(7)13;1-12-9(13)14-5-6-2-3-7(10)8(11)4-6;6-4(7,8)1(14)12-3(16)13-2(15)5(9,10)11/h1-4H;2-4H,5H2,1H3,(H,12,13);1-2,14-15H,(H2,12,13,16). The summed E-state index contributed by atoms with van der Waals surface area (Å²) in [4.78, 5) is 44.9. The van der Waals surface area contributed by atoms with Crippen LogP contribution in [-0.2, 0) is 11.3 Å². The normalized spacial score (nSPS) is 14.1. The minimum absolute atomic E-state index is 0.177. The smallest absolute Gasteiger partial charge is 0.407 e. The van der Waals surface area contributed by atoms with E-state index in [0.29, 0.717) is 21.2 Å². The second kappa shape index (κ2) is 18.3. The Morgan fingerprint density at radius 3 is 1.57 bits per heavy atom. The van der Waals surface area contributed by atoms with Crippen LogP contribution in [0, 0.1) is 0 Å². The van der Waals surface area contributed by atoms with E-state index in [-0.39, 0.29) is 16.7 Å². The number of aliphatic hydroxyl groups is 2. The fourth-order valence-corrected chi connectivity index (χ4v) is 3.64. The molecule has 0 saturated carbocycles. The van der Waals surface area contributed by atoms with Gasteiger partial charge in [0.15, 0.2) is 12.5 Å². The first-order chi connectivity index (χ1) is 20.2. The van der Waals surface area contributed by atoms with Crippen molar-refractivity contribution in [2.45, 2.75) is 26.6 Å². The number of allylic oxidation sites excluding steroid dienone is 2. The van der Waals surface area contributed by atoms with E-state index in [1.165, 1.54) is 7.05 Å². The molecule has 0 spiro atoms. The van der Waals surface area contributed by atoms with Gasteiger partial charge >= 0.3 is 12.1 Å². The molecular formula is C24H19Cl10N3O7. The lowest BCUT2D eigenvalue weighted by Gasteiger charge is -2.23. The molecule has 3 rings (SSSR count). The minimum atomic E-state index is -2.12. The second-order valence-electron chi connectivity index (χ2n) is 7.91. The molecule has 242 valence electrons. The number of carbonyl (C=O) groups is 4. The first kappa shape index (κ1) is 40.9. The molecule has 2 aromatic carbocycles. The molecular weight excluding hydrogens is 797 g/mol. The van der Waals surface area contributed by atoms with Gasteiger partial charge in [0.1, 0.15) is 16.7 Å². The van der Waals surface area contributed by atoms with Gasteiger partial charge in [0.05, 0.1) is 10.0 Å². The number of fused-ring (bicyclic) bond motifs is 1. The molecule has 2 unspecified atom stereocenters. The summed E-state index contributed by atoms with van der Waals surface area (Å²) in [7, 11) is 1.50. The Morgan fingerprint density at radius 2 is 1.20 bits per heavy atom. The SMILES string of the molecule is CNC(=O)OCc1ccc(Cl)c(Cl)c1.O=C(NC(O)C(Cl)(Cl)Cl)NC(O)C(Cl)(Cl)Cl.O=C1C(Cl)=C(Cl)C(=O)c2ccccc21.